The summed E-state index contributed by atoms with van der Waals surface area (Å²) in [6.45, 7) is 4.54. The molecule has 6 nitrogen and oxygen atoms in total. The quantitative estimate of drug-likeness (QED) is 0.661. The maximum absolute atomic E-state index is 13.2. The van der Waals surface area contributed by atoms with E-state index < -0.39 is 0 Å². The molecule has 6 heteroatoms. The molecule has 0 atom stereocenters. The van der Waals surface area contributed by atoms with E-state index in [1.807, 2.05) is 41.4 Å². The summed E-state index contributed by atoms with van der Waals surface area (Å²) in [5, 5.41) is 0. The zero-order valence-electron chi connectivity index (χ0n) is 16.3. The molecule has 1 aliphatic heterocycles. The molecule has 146 valence electrons. The Hall–Kier alpha value is -2.89. The number of likely N-dealkylation sites (tertiary alicyclic amines) is 1. The number of carbonyl (C=O) groups excluding carboxylic acids is 1. The first kappa shape index (κ1) is 18.5. The van der Waals surface area contributed by atoms with Gasteiger partial charge in [0.1, 0.15) is 17.6 Å². The van der Waals surface area contributed by atoms with Crippen molar-refractivity contribution >= 4 is 16.9 Å². The van der Waals surface area contributed by atoms with Crippen molar-refractivity contribution in [3.8, 4) is 11.1 Å². The lowest BCUT2D eigenvalue weighted by Gasteiger charge is -2.16. The molecule has 2 aromatic heterocycles. The first-order chi connectivity index (χ1) is 13.7. The number of unbranched alkanes of at least 4 members (excludes halogenated alkanes) is 1. The highest BCUT2D eigenvalue weighted by Gasteiger charge is 2.22. The van der Waals surface area contributed by atoms with Crippen molar-refractivity contribution < 1.29 is 4.79 Å². The van der Waals surface area contributed by atoms with E-state index in [1.165, 1.54) is 0 Å². The maximum atomic E-state index is 13.2. The largest absolute Gasteiger partial charge is 0.341 e. The van der Waals surface area contributed by atoms with E-state index in [0.717, 1.165) is 49.9 Å². The van der Waals surface area contributed by atoms with E-state index in [-0.39, 0.29) is 18.0 Å². The van der Waals surface area contributed by atoms with Gasteiger partial charge in [-0.3, -0.25) is 14.2 Å². The first-order valence-corrected chi connectivity index (χ1v) is 10.1. The summed E-state index contributed by atoms with van der Waals surface area (Å²) >= 11 is 0. The van der Waals surface area contributed by atoms with Crippen LogP contribution >= 0.6 is 0 Å². The Morgan fingerprint density at radius 1 is 1.11 bits per heavy atom. The lowest BCUT2D eigenvalue weighted by Crippen LogP contribution is -2.32. The normalized spacial score (nSPS) is 14.1. The van der Waals surface area contributed by atoms with Crippen LogP contribution in [0.25, 0.3) is 22.2 Å². The number of amides is 1. The number of rotatable bonds is 6. The second-order valence-electron chi connectivity index (χ2n) is 7.42. The smallest absolute Gasteiger partial charge is 0.277 e. The second kappa shape index (κ2) is 8.00. The third-order valence-electron chi connectivity index (χ3n) is 5.44. The molecule has 3 heterocycles. The highest BCUT2D eigenvalue weighted by atomic mass is 16.2. The Kier molecular flexibility index (Phi) is 5.28. The van der Waals surface area contributed by atoms with Crippen molar-refractivity contribution in [1.29, 1.82) is 0 Å². The predicted molar refractivity (Wildman–Crippen MR) is 110 cm³/mol. The van der Waals surface area contributed by atoms with Crippen LogP contribution in [-0.2, 0) is 17.9 Å². The van der Waals surface area contributed by atoms with Gasteiger partial charge in [0, 0.05) is 31.4 Å². The van der Waals surface area contributed by atoms with Gasteiger partial charge in [-0.05, 0) is 24.8 Å². The number of fused-ring (bicyclic) bond motifs is 1. The number of benzene rings is 1. The van der Waals surface area contributed by atoms with E-state index in [2.05, 4.69) is 11.9 Å². The van der Waals surface area contributed by atoms with Gasteiger partial charge in [0.2, 0.25) is 5.91 Å². The minimum Gasteiger partial charge on any atom is -0.341 e. The molecule has 1 fully saturated rings. The average Bonchev–Trinajstić information content (AvgIpc) is 3.37. The first-order valence-electron chi connectivity index (χ1n) is 10.1. The standard InChI is InChI=1S/C22H26N4O2/c1-2-3-11-25-16-23-20-18(17-9-5-4-6-10-17)14-26(21(20)22(25)28)15-19(27)24-12-7-8-13-24/h4-6,9-10,14,16H,2-3,7-8,11-13,15H2,1H3. The minimum absolute atomic E-state index is 0.0670. The highest BCUT2D eigenvalue weighted by molar-refractivity contribution is 5.93. The Bertz CT molecular complexity index is 1030. The van der Waals surface area contributed by atoms with Crippen LogP contribution in [0, 0.1) is 0 Å². The van der Waals surface area contributed by atoms with Gasteiger partial charge in [-0.2, -0.15) is 0 Å². The van der Waals surface area contributed by atoms with E-state index in [4.69, 9.17) is 0 Å². The summed E-state index contributed by atoms with van der Waals surface area (Å²) in [6, 6.07) is 9.91. The summed E-state index contributed by atoms with van der Waals surface area (Å²) in [6.07, 6.45) is 7.59. The van der Waals surface area contributed by atoms with Crippen LogP contribution < -0.4 is 5.56 Å². The fourth-order valence-electron chi connectivity index (χ4n) is 3.87. The van der Waals surface area contributed by atoms with E-state index >= 15 is 0 Å². The van der Waals surface area contributed by atoms with Crippen molar-refractivity contribution in [3.63, 3.8) is 0 Å². The molecule has 4 rings (SSSR count). The van der Waals surface area contributed by atoms with Crippen molar-refractivity contribution in [1.82, 2.24) is 19.0 Å². The predicted octanol–water partition coefficient (Wildman–Crippen LogP) is 3.29. The third-order valence-corrected chi connectivity index (χ3v) is 5.44. The summed E-state index contributed by atoms with van der Waals surface area (Å²) in [5.74, 6) is 0.0670. The van der Waals surface area contributed by atoms with Gasteiger partial charge < -0.3 is 9.47 Å². The fourth-order valence-corrected chi connectivity index (χ4v) is 3.87. The summed E-state index contributed by atoms with van der Waals surface area (Å²) in [5.41, 5.74) is 3.00. The van der Waals surface area contributed by atoms with Gasteiger partial charge in [-0.1, -0.05) is 43.7 Å². The molecule has 0 aliphatic carbocycles. The minimum atomic E-state index is -0.0742. The molecule has 0 N–H and O–H groups in total. The summed E-state index contributed by atoms with van der Waals surface area (Å²) < 4.78 is 3.47. The number of hydrogen-bond acceptors (Lipinski definition) is 3. The van der Waals surface area contributed by atoms with Gasteiger partial charge in [-0.15, -0.1) is 0 Å². The van der Waals surface area contributed by atoms with Gasteiger partial charge in [-0.25, -0.2) is 4.98 Å². The Labute approximate surface area is 164 Å². The van der Waals surface area contributed by atoms with Crippen LogP contribution in [0.4, 0.5) is 0 Å². The van der Waals surface area contributed by atoms with Gasteiger partial charge >= 0.3 is 0 Å². The monoisotopic (exact) mass is 378 g/mol. The van der Waals surface area contributed by atoms with Crippen LogP contribution in [0.1, 0.15) is 32.6 Å². The Balaban J connectivity index is 1.81. The zero-order valence-corrected chi connectivity index (χ0v) is 16.3. The zero-order chi connectivity index (χ0) is 19.5. The lowest BCUT2D eigenvalue weighted by atomic mass is 10.1. The number of aromatic nitrogens is 3. The van der Waals surface area contributed by atoms with Crippen LogP contribution in [0.3, 0.4) is 0 Å². The van der Waals surface area contributed by atoms with Gasteiger partial charge in [0.05, 0.1) is 6.33 Å². The maximum Gasteiger partial charge on any atom is 0.277 e. The van der Waals surface area contributed by atoms with Crippen molar-refractivity contribution in [2.24, 2.45) is 0 Å². The Morgan fingerprint density at radius 3 is 2.57 bits per heavy atom. The molecule has 1 saturated heterocycles. The van der Waals surface area contributed by atoms with Crippen molar-refractivity contribution in [2.75, 3.05) is 13.1 Å². The molecule has 3 aromatic rings. The molecular weight excluding hydrogens is 352 g/mol. The third kappa shape index (κ3) is 3.46. The van der Waals surface area contributed by atoms with Gasteiger partial charge in [0.15, 0.2) is 0 Å². The molecular formula is C22H26N4O2. The SMILES string of the molecule is CCCCn1cnc2c(-c3ccccc3)cn(CC(=O)N3CCCC3)c2c1=O. The number of hydrogen-bond donors (Lipinski definition) is 0. The molecule has 0 saturated carbocycles. The van der Waals surface area contributed by atoms with Crippen LogP contribution in [-0.4, -0.2) is 38.0 Å². The molecule has 1 aliphatic rings. The fraction of sp³-hybridized carbons (Fsp3) is 0.409. The molecule has 1 amide bonds. The number of aryl methyl sites for hydroxylation is 1. The second-order valence-corrected chi connectivity index (χ2v) is 7.42. The summed E-state index contributed by atoms with van der Waals surface area (Å²) in [7, 11) is 0. The number of carbonyl (C=O) groups is 1. The average molecular weight is 378 g/mol. The van der Waals surface area contributed by atoms with Crippen LogP contribution in [0.15, 0.2) is 47.7 Å². The Morgan fingerprint density at radius 2 is 1.86 bits per heavy atom. The van der Waals surface area contributed by atoms with E-state index in [1.54, 1.807) is 15.5 Å². The molecule has 28 heavy (non-hydrogen) atoms. The molecule has 1 aromatic carbocycles. The van der Waals surface area contributed by atoms with Crippen molar-refractivity contribution in [2.45, 2.75) is 45.7 Å². The molecule has 0 radical (unpaired) electrons. The molecule has 0 bridgehead atoms. The van der Waals surface area contributed by atoms with E-state index in [0.29, 0.717) is 17.6 Å². The van der Waals surface area contributed by atoms with Crippen molar-refractivity contribution in [3.05, 3.63) is 53.2 Å². The van der Waals surface area contributed by atoms with Crippen LogP contribution in [0.5, 0.6) is 0 Å². The summed E-state index contributed by atoms with van der Waals surface area (Å²) in [4.78, 5) is 32.4. The highest BCUT2D eigenvalue weighted by Crippen LogP contribution is 2.27. The van der Waals surface area contributed by atoms with Crippen LogP contribution in [0.2, 0.25) is 0 Å². The lowest BCUT2D eigenvalue weighted by molar-refractivity contribution is -0.130. The topological polar surface area (TPSA) is 60.1 Å². The van der Waals surface area contributed by atoms with E-state index in [9.17, 15) is 9.59 Å². The number of nitrogens with zero attached hydrogens (tertiary/aromatic N) is 4. The van der Waals surface area contributed by atoms with Gasteiger partial charge in [0.25, 0.3) is 5.56 Å². The molecule has 0 unspecified atom stereocenters. The molecule has 0 spiro atoms.